The molecule has 5 rings (SSSR count). The average molecular weight is 309 g/mol. The molecule has 3 atom stereocenters. The van der Waals surface area contributed by atoms with Gasteiger partial charge in [0.05, 0.1) is 0 Å². The van der Waals surface area contributed by atoms with Gasteiger partial charge < -0.3 is 0 Å². The molecule has 2 aliphatic rings. The monoisotopic (exact) mass is 309 g/mol. The summed E-state index contributed by atoms with van der Waals surface area (Å²) >= 11 is 0. The second kappa shape index (κ2) is 4.67. The van der Waals surface area contributed by atoms with E-state index in [0.29, 0.717) is 5.92 Å². The van der Waals surface area contributed by atoms with Gasteiger partial charge >= 0.3 is 0 Å². The van der Waals surface area contributed by atoms with Crippen molar-refractivity contribution in [2.45, 2.75) is 23.8 Å². The minimum Gasteiger partial charge on any atom is -0.279 e. The van der Waals surface area contributed by atoms with Crippen LogP contribution in [0.1, 0.15) is 35.1 Å². The Bertz CT molecular complexity index is 929. The molecule has 3 aromatic rings. The summed E-state index contributed by atoms with van der Waals surface area (Å²) in [7, 11) is 0. The Labute approximate surface area is 142 Å². The molecular weight excluding hydrogens is 290 g/mol. The number of hydrogen-bond donors (Lipinski definition) is 0. The van der Waals surface area contributed by atoms with Crippen LogP contribution in [-0.2, 0) is 11.0 Å². The van der Waals surface area contributed by atoms with Crippen molar-refractivity contribution in [2.75, 3.05) is 0 Å². The Morgan fingerprint density at radius 1 is 0.750 bits per heavy atom. The first-order chi connectivity index (χ1) is 11.8. The van der Waals surface area contributed by atoms with Crippen molar-refractivity contribution >= 4 is 6.21 Å². The standard InChI is InChI=1S/C23H19N/c1-22-20-15-9-8-12-18(20)16-24-23(22,19-13-6-3-7-14-19)21(22)17-10-4-2-5-11-17/h2-16,21H,1H3/t21-,22-,23+/m1/s1. The predicted octanol–water partition coefficient (Wildman–Crippen LogP) is 5.07. The van der Waals surface area contributed by atoms with Crippen LogP contribution < -0.4 is 0 Å². The van der Waals surface area contributed by atoms with E-state index in [2.05, 4.69) is 98.1 Å². The van der Waals surface area contributed by atoms with Crippen molar-refractivity contribution in [3.63, 3.8) is 0 Å². The molecule has 116 valence electrons. The molecule has 1 aliphatic carbocycles. The fourth-order valence-corrected chi connectivity index (χ4v) is 4.88. The lowest BCUT2D eigenvalue weighted by molar-refractivity contribution is 0.589. The maximum atomic E-state index is 5.15. The molecule has 1 heteroatoms. The second-order valence-electron chi connectivity index (χ2n) is 7.02. The van der Waals surface area contributed by atoms with Gasteiger partial charge in [0, 0.05) is 17.5 Å². The zero-order valence-electron chi connectivity index (χ0n) is 13.7. The largest absolute Gasteiger partial charge is 0.279 e. The van der Waals surface area contributed by atoms with Crippen molar-refractivity contribution in [3.05, 3.63) is 107 Å². The Morgan fingerprint density at radius 2 is 1.38 bits per heavy atom. The van der Waals surface area contributed by atoms with Crippen molar-refractivity contribution in [1.29, 1.82) is 0 Å². The highest BCUT2D eigenvalue weighted by atomic mass is 15.0. The first-order valence-electron chi connectivity index (χ1n) is 8.54. The molecule has 1 nitrogen and oxygen atoms in total. The highest BCUT2D eigenvalue weighted by Crippen LogP contribution is 2.76. The molecule has 1 fully saturated rings. The van der Waals surface area contributed by atoms with Crippen LogP contribution in [0, 0.1) is 0 Å². The predicted molar refractivity (Wildman–Crippen MR) is 98.7 cm³/mol. The van der Waals surface area contributed by atoms with E-state index in [0.717, 1.165) is 0 Å². The van der Waals surface area contributed by atoms with Gasteiger partial charge in [-0.2, -0.15) is 0 Å². The lowest BCUT2D eigenvalue weighted by Crippen LogP contribution is -2.23. The normalized spacial score (nSPS) is 29.6. The molecule has 1 aliphatic heterocycles. The molecule has 0 spiro atoms. The molecule has 0 radical (unpaired) electrons. The van der Waals surface area contributed by atoms with E-state index in [1.807, 2.05) is 0 Å². The van der Waals surface area contributed by atoms with Crippen molar-refractivity contribution in [2.24, 2.45) is 4.99 Å². The third-order valence-electron chi connectivity index (χ3n) is 5.98. The van der Waals surface area contributed by atoms with Gasteiger partial charge in [-0.05, 0) is 22.3 Å². The summed E-state index contributed by atoms with van der Waals surface area (Å²) in [4.78, 5) is 5.15. The summed E-state index contributed by atoms with van der Waals surface area (Å²) < 4.78 is 0. The molecule has 0 aromatic heterocycles. The topological polar surface area (TPSA) is 12.4 Å². The summed E-state index contributed by atoms with van der Waals surface area (Å²) in [5.74, 6) is 0.369. The van der Waals surface area contributed by atoms with Gasteiger partial charge in [-0.1, -0.05) is 91.9 Å². The van der Waals surface area contributed by atoms with E-state index in [4.69, 9.17) is 4.99 Å². The van der Waals surface area contributed by atoms with Crippen LogP contribution in [-0.4, -0.2) is 6.21 Å². The average Bonchev–Trinajstić information content (AvgIpc) is 3.25. The molecule has 1 saturated carbocycles. The van der Waals surface area contributed by atoms with Gasteiger partial charge in [-0.3, -0.25) is 4.99 Å². The van der Waals surface area contributed by atoms with Crippen molar-refractivity contribution in [3.8, 4) is 0 Å². The van der Waals surface area contributed by atoms with Crippen LogP contribution in [0.3, 0.4) is 0 Å². The minimum absolute atomic E-state index is 0.00104. The second-order valence-corrected chi connectivity index (χ2v) is 7.02. The zero-order valence-corrected chi connectivity index (χ0v) is 13.7. The first-order valence-corrected chi connectivity index (χ1v) is 8.54. The summed E-state index contributed by atoms with van der Waals surface area (Å²) in [6, 6.07) is 30.4. The Morgan fingerprint density at radius 3 is 2.12 bits per heavy atom. The van der Waals surface area contributed by atoms with Crippen LogP contribution in [0.25, 0.3) is 0 Å². The molecular formula is C23H19N. The summed E-state index contributed by atoms with van der Waals surface area (Å²) in [6.45, 7) is 2.38. The SMILES string of the molecule is C[C@]12c3ccccc3C=N[C@@]1(c1ccccc1)[C@@H]2c1ccccc1. The smallest absolute Gasteiger partial charge is 0.103 e. The minimum atomic E-state index is -0.191. The molecule has 0 bridgehead atoms. The summed E-state index contributed by atoms with van der Waals surface area (Å²) in [6.07, 6.45) is 2.08. The van der Waals surface area contributed by atoms with Gasteiger partial charge in [0.25, 0.3) is 0 Å². The molecule has 0 saturated heterocycles. The van der Waals surface area contributed by atoms with Crippen LogP contribution >= 0.6 is 0 Å². The lowest BCUT2D eigenvalue weighted by Gasteiger charge is -2.25. The fraction of sp³-hybridized carbons (Fsp3) is 0.174. The van der Waals surface area contributed by atoms with Crippen molar-refractivity contribution in [1.82, 2.24) is 0 Å². The zero-order chi connectivity index (χ0) is 16.2. The number of benzene rings is 3. The molecule has 24 heavy (non-hydrogen) atoms. The molecule has 0 N–H and O–H groups in total. The summed E-state index contributed by atoms with van der Waals surface area (Å²) in [5, 5.41) is 0. The Hall–Kier alpha value is -2.67. The van der Waals surface area contributed by atoms with Gasteiger partial charge in [0.1, 0.15) is 5.54 Å². The lowest BCUT2D eigenvalue weighted by atomic mass is 9.84. The van der Waals surface area contributed by atoms with E-state index in [-0.39, 0.29) is 11.0 Å². The first kappa shape index (κ1) is 13.7. The van der Waals surface area contributed by atoms with Gasteiger partial charge in [-0.15, -0.1) is 0 Å². The van der Waals surface area contributed by atoms with Crippen LogP contribution in [0.2, 0.25) is 0 Å². The van der Waals surface area contributed by atoms with E-state index in [1.54, 1.807) is 0 Å². The maximum absolute atomic E-state index is 5.15. The highest BCUT2D eigenvalue weighted by Gasteiger charge is 2.77. The Balaban J connectivity index is 1.79. The maximum Gasteiger partial charge on any atom is 0.103 e. The summed E-state index contributed by atoms with van der Waals surface area (Å²) in [5.41, 5.74) is 5.16. The Kier molecular flexibility index (Phi) is 2.67. The number of nitrogens with zero attached hydrogens (tertiary/aromatic N) is 1. The van der Waals surface area contributed by atoms with Crippen LogP contribution in [0.4, 0.5) is 0 Å². The molecule has 1 heterocycles. The number of fused-ring (bicyclic) bond motifs is 3. The van der Waals surface area contributed by atoms with Gasteiger partial charge in [0.2, 0.25) is 0 Å². The van der Waals surface area contributed by atoms with E-state index >= 15 is 0 Å². The van der Waals surface area contributed by atoms with Crippen LogP contribution in [0.15, 0.2) is 89.9 Å². The number of hydrogen-bond acceptors (Lipinski definition) is 1. The number of rotatable bonds is 2. The van der Waals surface area contributed by atoms with Gasteiger partial charge in [0.15, 0.2) is 0 Å². The fourth-order valence-electron chi connectivity index (χ4n) is 4.88. The quantitative estimate of drug-likeness (QED) is 0.627. The third kappa shape index (κ3) is 1.52. The van der Waals surface area contributed by atoms with Crippen LogP contribution in [0.5, 0.6) is 0 Å². The van der Waals surface area contributed by atoms with E-state index in [1.165, 1.54) is 22.3 Å². The molecule has 0 unspecified atom stereocenters. The van der Waals surface area contributed by atoms with Gasteiger partial charge in [-0.25, -0.2) is 0 Å². The molecule has 0 amide bonds. The molecule has 3 aromatic carbocycles. The highest BCUT2D eigenvalue weighted by molar-refractivity contribution is 5.88. The third-order valence-corrected chi connectivity index (χ3v) is 5.98. The van der Waals surface area contributed by atoms with E-state index in [9.17, 15) is 0 Å². The van der Waals surface area contributed by atoms with E-state index < -0.39 is 0 Å². The van der Waals surface area contributed by atoms with Crippen molar-refractivity contribution < 1.29 is 0 Å². The number of aliphatic imine (C=N–C) groups is 1.